The number of ether oxygens (including phenoxy) is 1. The van der Waals surface area contributed by atoms with Crippen molar-refractivity contribution in [2.45, 2.75) is 20.3 Å². The van der Waals surface area contributed by atoms with E-state index in [2.05, 4.69) is 17.2 Å². The van der Waals surface area contributed by atoms with Gasteiger partial charge in [0, 0.05) is 42.2 Å². The van der Waals surface area contributed by atoms with Gasteiger partial charge in [0.05, 0.1) is 5.69 Å². The summed E-state index contributed by atoms with van der Waals surface area (Å²) < 4.78 is 7.99. The second-order valence-electron chi connectivity index (χ2n) is 7.72. The van der Waals surface area contributed by atoms with Gasteiger partial charge in [-0.3, -0.25) is 9.59 Å². The third-order valence-corrected chi connectivity index (χ3v) is 5.49. The van der Waals surface area contributed by atoms with Gasteiger partial charge in [0.25, 0.3) is 5.56 Å². The smallest absolute Gasteiger partial charge is 0.255 e. The van der Waals surface area contributed by atoms with Crippen molar-refractivity contribution in [1.29, 1.82) is 0 Å². The van der Waals surface area contributed by atoms with Crippen molar-refractivity contribution in [3.63, 3.8) is 0 Å². The number of carbonyl (C=O) groups excluding carboxylic acids is 1. The van der Waals surface area contributed by atoms with Crippen molar-refractivity contribution < 1.29 is 9.53 Å². The predicted molar refractivity (Wildman–Crippen MR) is 124 cm³/mol. The Bertz CT molecular complexity index is 1240. The Labute approximate surface area is 181 Å². The SMILES string of the molecule is C=CC(=O)Nc1ccc(Oc2c(C)cccc2C)c(-c2cn(C)c(=O)c3c2NCC3)c1. The molecule has 3 aromatic rings. The zero-order valence-corrected chi connectivity index (χ0v) is 17.9. The summed E-state index contributed by atoms with van der Waals surface area (Å²) in [5.74, 6) is 1.14. The average molecular weight is 415 g/mol. The molecule has 0 aliphatic carbocycles. The minimum Gasteiger partial charge on any atom is -0.456 e. The molecule has 0 spiro atoms. The highest BCUT2D eigenvalue weighted by molar-refractivity contribution is 5.99. The lowest BCUT2D eigenvalue weighted by Gasteiger charge is -2.18. The normalized spacial score (nSPS) is 12.1. The lowest BCUT2D eigenvalue weighted by atomic mass is 10.0. The minimum atomic E-state index is -0.293. The number of aromatic nitrogens is 1. The highest BCUT2D eigenvalue weighted by Gasteiger charge is 2.23. The molecule has 31 heavy (non-hydrogen) atoms. The van der Waals surface area contributed by atoms with Crippen LogP contribution in [0.4, 0.5) is 11.4 Å². The first-order valence-electron chi connectivity index (χ1n) is 10.2. The summed E-state index contributed by atoms with van der Waals surface area (Å²) in [5, 5.41) is 6.16. The first-order chi connectivity index (χ1) is 14.9. The number of hydrogen-bond donors (Lipinski definition) is 2. The van der Waals surface area contributed by atoms with Crippen LogP contribution in [-0.2, 0) is 18.3 Å². The van der Waals surface area contributed by atoms with Gasteiger partial charge < -0.3 is 19.9 Å². The van der Waals surface area contributed by atoms with Crippen LogP contribution in [0.3, 0.4) is 0 Å². The lowest BCUT2D eigenvalue weighted by Crippen LogP contribution is -2.20. The van der Waals surface area contributed by atoms with E-state index in [1.54, 1.807) is 17.7 Å². The largest absolute Gasteiger partial charge is 0.456 e. The number of benzene rings is 2. The number of nitrogens with zero attached hydrogens (tertiary/aromatic N) is 1. The Morgan fingerprint density at radius 1 is 1.19 bits per heavy atom. The number of pyridine rings is 1. The fraction of sp³-hybridized carbons (Fsp3) is 0.200. The van der Waals surface area contributed by atoms with Gasteiger partial charge in [-0.05, 0) is 55.7 Å². The number of rotatable bonds is 5. The minimum absolute atomic E-state index is 0.00270. The summed E-state index contributed by atoms with van der Waals surface area (Å²) in [7, 11) is 1.75. The first kappa shape index (κ1) is 20.5. The Morgan fingerprint density at radius 2 is 1.94 bits per heavy atom. The molecule has 1 amide bonds. The van der Waals surface area contributed by atoms with Gasteiger partial charge >= 0.3 is 0 Å². The van der Waals surface area contributed by atoms with Crippen molar-refractivity contribution in [2.24, 2.45) is 7.05 Å². The number of hydrogen-bond acceptors (Lipinski definition) is 4. The molecule has 4 rings (SSSR count). The summed E-state index contributed by atoms with van der Waals surface area (Å²) in [6.07, 6.45) is 3.72. The monoisotopic (exact) mass is 415 g/mol. The molecule has 6 heteroatoms. The van der Waals surface area contributed by atoms with E-state index in [-0.39, 0.29) is 11.5 Å². The maximum absolute atomic E-state index is 12.6. The standard InChI is InChI=1S/C25H25N3O3/c1-5-22(29)27-17-9-10-21(31-24-15(2)7-6-8-16(24)3)19(13-17)20-14-28(4)25(30)18-11-12-26-23(18)20/h5-10,13-14,26H,1,11-12H2,2-4H3,(H,27,29). The first-order valence-corrected chi connectivity index (χ1v) is 10.2. The van der Waals surface area contributed by atoms with Crippen LogP contribution in [-0.4, -0.2) is 17.0 Å². The topological polar surface area (TPSA) is 72.4 Å². The van der Waals surface area contributed by atoms with Gasteiger partial charge in [-0.2, -0.15) is 0 Å². The third kappa shape index (κ3) is 3.84. The molecular formula is C25H25N3O3. The third-order valence-electron chi connectivity index (χ3n) is 5.49. The van der Waals surface area contributed by atoms with E-state index in [0.29, 0.717) is 24.4 Å². The van der Waals surface area contributed by atoms with Crippen LogP contribution >= 0.6 is 0 Å². The van der Waals surface area contributed by atoms with E-state index in [4.69, 9.17) is 4.74 Å². The molecular weight excluding hydrogens is 390 g/mol. The number of aryl methyl sites for hydroxylation is 3. The van der Waals surface area contributed by atoms with E-state index in [0.717, 1.165) is 39.3 Å². The molecule has 0 saturated carbocycles. The van der Waals surface area contributed by atoms with Crippen molar-refractivity contribution in [3.05, 3.63) is 82.3 Å². The molecule has 1 aliphatic rings. The molecule has 0 atom stereocenters. The van der Waals surface area contributed by atoms with Gasteiger partial charge in [-0.1, -0.05) is 24.8 Å². The summed E-state index contributed by atoms with van der Waals surface area (Å²) in [4.78, 5) is 24.4. The molecule has 0 radical (unpaired) electrons. The Balaban J connectivity index is 1.91. The van der Waals surface area contributed by atoms with Crippen molar-refractivity contribution in [2.75, 3.05) is 17.2 Å². The fourth-order valence-corrected chi connectivity index (χ4v) is 3.92. The molecule has 0 saturated heterocycles. The van der Waals surface area contributed by atoms with Crippen LogP contribution in [0.1, 0.15) is 16.7 Å². The second kappa shape index (κ2) is 8.14. The van der Waals surface area contributed by atoms with Crippen LogP contribution in [0.2, 0.25) is 0 Å². The Hall–Kier alpha value is -3.80. The Morgan fingerprint density at radius 3 is 2.65 bits per heavy atom. The molecule has 2 N–H and O–H groups in total. The van der Waals surface area contributed by atoms with Gasteiger partial charge in [0.2, 0.25) is 5.91 Å². The van der Waals surface area contributed by atoms with Gasteiger partial charge in [0.15, 0.2) is 0 Å². The number of anilines is 2. The fourth-order valence-electron chi connectivity index (χ4n) is 3.92. The molecule has 0 fully saturated rings. The summed E-state index contributed by atoms with van der Waals surface area (Å²) in [5.41, 5.74) is 5.89. The summed E-state index contributed by atoms with van der Waals surface area (Å²) in [6.45, 7) is 8.24. The molecule has 6 nitrogen and oxygen atoms in total. The molecule has 2 aromatic carbocycles. The average Bonchev–Trinajstić information content (AvgIpc) is 3.24. The number of amides is 1. The zero-order chi connectivity index (χ0) is 22.1. The maximum atomic E-state index is 12.6. The van der Waals surface area contributed by atoms with E-state index >= 15 is 0 Å². The summed E-state index contributed by atoms with van der Waals surface area (Å²) >= 11 is 0. The van der Waals surface area contributed by atoms with Crippen LogP contribution < -0.4 is 20.9 Å². The lowest BCUT2D eigenvalue weighted by molar-refractivity contribution is -0.111. The predicted octanol–water partition coefficient (Wildman–Crippen LogP) is 4.55. The molecule has 1 aromatic heterocycles. The molecule has 1 aliphatic heterocycles. The number of fused-ring (bicyclic) bond motifs is 1. The van der Waals surface area contributed by atoms with E-state index < -0.39 is 0 Å². The number of nitrogens with one attached hydrogen (secondary N) is 2. The highest BCUT2D eigenvalue weighted by atomic mass is 16.5. The molecule has 0 bridgehead atoms. The van der Waals surface area contributed by atoms with Crippen LogP contribution in [0.25, 0.3) is 11.1 Å². The Kier molecular flexibility index (Phi) is 5.38. The number of para-hydroxylation sites is 1. The summed E-state index contributed by atoms with van der Waals surface area (Å²) in [6, 6.07) is 11.5. The van der Waals surface area contributed by atoms with Gasteiger partial charge in [0.1, 0.15) is 11.5 Å². The van der Waals surface area contributed by atoms with E-state index in [1.807, 2.05) is 50.4 Å². The van der Waals surface area contributed by atoms with Crippen LogP contribution in [0, 0.1) is 13.8 Å². The molecule has 2 heterocycles. The van der Waals surface area contributed by atoms with Crippen molar-refractivity contribution in [1.82, 2.24) is 4.57 Å². The second-order valence-corrected chi connectivity index (χ2v) is 7.72. The molecule has 158 valence electrons. The van der Waals surface area contributed by atoms with E-state index in [1.165, 1.54) is 6.08 Å². The van der Waals surface area contributed by atoms with Crippen LogP contribution in [0.5, 0.6) is 11.5 Å². The molecule has 0 unspecified atom stereocenters. The van der Waals surface area contributed by atoms with Crippen molar-refractivity contribution >= 4 is 17.3 Å². The quantitative estimate of drug-likeness (QED) is 0.600. The zero-order valence-electron chi connectivity index (χ0n) is 17.9. The van der Waals surface area contributed by atoms with Crippen molar-refractivity contribution in [3.8, 4) is 22.6 Å². The highest BCUT2D eigenvalue weighted by Crippen LogP contribution is 2.41. The van der Waals surface area contributed by atoms with Crippen LogP contribution in [0.15, 0.2) is 60.0 Å². The van der Waals surface area contributed by atoms with Gasteiger partial charge in [-0.15, -0.1) is 0 Å². The van der Waals surface area contributed by atoms with Gasteiger partial charge in [-0.25, -0.2) is 0 Å². The van der Waals surface area contributed by atoms with E-state index in [9.17, 15) is 9.59 Å². The maximum Gasteiger partial charge on any atom is 0.255 e. The number of carbonyl (C=O) groups is 1.